The first-order valence-electron chi connectivity index (χ1n) is 13.3. The number of carbonyl (C=O) groups excluding carboxylic acids is 1. The average Bonchev–Trinajstić information content (AvgIpc) is 2.94. The third-order valence-corrected chi connectivity index (χ3v) is 8.18. The largest absolute Gasteiger partial charge is 0.497 e. The van der Waals surface area contributed by atoms with Crippen LogP contribution in [0.25, 0.3) is 11.1 Å². The van der Waals surface area contributed by atoms with Crippen molar-refractivity contribution in [2.45, 2.75) is 25.4 Å². The molecule has 3 aromatic rings. The summed E-state index contributed by atoms with van der Waals surface area (Å²) in [5.41, 5.74) is 4.84. The molecule has 0 unspecified atom stereocenters. The molecule has 2 bridgehead atoms. The fourth-order valence-corrected chi connectivity index (χ4v) is 6.28. The normalized spacial score (nSPS) is 21.4. The Morgan fingerprint density at radius 3 is 2.54 bits per heavy atom. The van der Waals surface area contributed by atoms with E-state index in [1.807, 2.05) is 45.9 Å². The van der Waals surface area contributed by atoms with Crippen LogP contribution in [0.3, 0.4) is 0 Å². The van der Waals surface area contributed by atoms with Gasteiger partial charge in [-0.05, 0) is 54.3 Å². The van der Waals surface area contributed by atoms with Gasteiger partial charge in [-0.3, -0.25) is 9.59 Å². The number of carbonyl (C=O) groups is 1. The number of piperidine rings is 1. The number of morpholine rings is 1. The van der Waals surface area contributed by atoms with Crippen LogP contribution in [-0.4, -0.2) is 61.9 Å². The fraction of sp³-hybridized carbons (Fsp3) is 0.400. The molecule has 0 aliphatic carbocycles. The van der Waals surface area contributed by atoms with Gasteiger partial charge in [0.25, 0.3) is 11.5 Å². The van der Waals surface area contributed by atoms with Crippen molar-refractivity contribution in [2.24, 2.45) is 5.92 Å². The van der Waals surface area contributed by atoms with E-state index in [4.69, 9.17) is 9.47 Å². The maximum Gasteiger partial charge on any atom is 0.258 e. The molecule has 0 radical (unpaired) electrons. The minimum atomic E-state index is 0.0457. The lowest BCUT2D eigenvalue weighted by Crippen LogP contribution is -3.12. The van der Waals surface area contributed by atoms with Crippen LogP contribution in [-0.2, 0) is 17.8 Å². The molecular formula is C30H34N3O4+. The Morgan fingerprint density at radius 1 is 0.973 bits per heavy atom. The molecule has 0 saturated carbocycles. The highest BCUT2D eigenvalue weighted by Crippen LogP contribution is 2.36. The first kappa shape index (κ1) is 23.9. The van der Waals surface area contributed by atoms with E-state index in [9.17, 15) is 9.59 Å². The molecule has 1 N–H and O–H groups in total. The van der Waals surface area contributed by atoms with E-state index in [0.29, 0.717) is 25.2 Å². The first-order valence-corrected chi connectivity index (χ1v) is 13.3. The zero-order chi connectivity index (χ0) is 25.4. The predicted molar refractivity (Wildman–Crippen MR) is 141 cm³/mol. The number of pyridine rings is 1. The molecule has 2 atom stereocenters. The van der Waals surface area contributed by atoms with Crippen LogP contribution in [0, 0.1) is 5.92 Å². The number of nitrogens with zero attached hydrogens (tertiary/aromatic N) is 2. The van der Waals surface area contributed by atoms with Crippen molar-refractivity contribution < 1.29 is 19.2 Å². The van der Waals surface area contributed by atoms with Crippen molar-refractivity contribution >= 4 is 5.91 Å². The number of ether oxygens (including phenoxy) is 2. The number of rotatable bonds is 5. The van der Waals surface area contributed by atoms with Gasteiger partial charge in [0, 0.05) is 47.9 Å². The maximum absolute atomic E-state index is 13.8. The van der Waals surface area contributed by atoms with Crippen molar-refractivity contribution in [1.82, 2.24) is 9.47 Å². The van der Waals surface area contributed by atoms with Crippen molar-refractivity contribution in [2.75, 3.05) is 46.5 Å². The topological polar surface area (TPSA) is 65.2 Å². The number of hydrogen-bond donors (Lipinski definition) is 1. The number of hydrogen-bond acceptors (Lipinski definition) is 4. The number of amides is 1. The summed E-state index contributed by atoms with van der Waals surface area (Å²) in [6.07, 6.45) is 1.02. The number of nitrogens with one attached hydrogen (secondary N) is 1. The van der Waals surface area contributed by atoms with Crippen LogP contribution < -0.4 is 15.2 Å². The van der Waals surface area contributed by atoms with E-state index in [0.717, 1.165) is 61.8 Å². The van der Waals surface area contributed by atoms with Gasteiger partial charge >= 0.3 is 0 Å². The molecule has 3 aliphatic rings. The van der Waals surface area contributed by atoms with Gasteiger partial charge in [-0.2, -0.15) is 0 Å². The molecule has 2 fully saturated rings. The SMILES string of the molecule is COc1ccc(C(=O)N2C[C@@H]3C[C@H](C2)c2ccc(-c4ccccc4C[NH+]4CCOCC4)c(=O)n2C3)cc1. The van der Waals surface area contributed by atoms with Gasteiger partial charge < -0.3 is 23.8 Å². The molecule has 7 nitrogen and oxygen atoms in total. The Bertz CT molecular complexity index is 1340. The molecule has 2 aromatic carbocycles. The van der Waals surface area contributed by atoms with E-state index in [1.54, 1.807) is 7.11 Å². The van der Waals surface area contributed by atoms with E-state index >= 15 is 0 Å². The summed E-state index contributed by atoms with van der Waals surface area (Å²) in [4.78, 5) is 30.5. The summed E-state index contributed by atoms with van der Waals surface area (Å²) in [6, 6.07) is 19.8. The lowest BCUT2D eigenvalue weighted by Gasteiger charge is -2.43. The third kappa shape index (κ3) is 4.69. The number of aromatic nitrogens is 1. The van der Waals surface area contributed by atoms with E-state index in [-0.39, 0.29) is 23.3 Å². The second kappa shape index (κ2) is 10.1. The number of benzene rings is 2. The van der Waals surface area contributed by atoms with Gasteiger partial charge in [0.15, 0.2) is 0 Å². The van der Waals surface area contributed by atoms with Gasteiger partial charge in [0.05, 0.1) is 20.3 Å². The zero-order valence-corrected chi connectivity index (χ0v) is 21.3. The Balaban J connectivity index is 1.26. The molecule has 37 heavy (non-hydrogen) atoms. The van der Waals surface area contributed by atoms with Crippen LogP contribution in [0.4, 0.5) is 0 Å². The number of methoxy groups -OCH3 is 1. The molecule has 4 heterocycles. The van der Waals surface area contributed by atoms with Gasteiger partial charge in [-0.15, -0.1) is 0 Å². The smallest absolute Gasteiger partial charge is 0.258 e. The minimum absolute atomic E-state index is 0.0457. The summed E-state index contributed by atoms with van der Waals surface area (Å²) < 4.78 is 12.7. The summed E-state index contributed by atoms with van der Waals surface area (Å²) >= 11 is 0. The highest BCUT2D eigenvalue weighted by molar-refractivity contribution is 5.94. The number of likely N-dealkylation sites (tertiary alicyclic amines) is 1. The van der Waals surface area contributed by atoms with Crippen LogP contribution in [0.5, 0.6) is 5.75 Å². The molecule has 7 heteroatoms. The Morgan fingerprint density at radius 2 is 1.76 bits per heavy atom. The summed E-state index contributed by atoms with van der Waals surface area (Å²) in [5, 5.41) is 0. The van der Waals surface area contributed by atoms with Gasteiger partial charge in [0.2, 0.25) is 0 Å². The van der Waals surface area contributed by atoms with Crippen LogP contribution in [0.15, 0.2) is 65.5 Å². The predicted octanol–water partition coefficient (Wildman–Crippen LogP) is 2.20. The van der Waals surface area contributed by atoms with E-state index < -0.39 is 0 Å². The highest BCUT2D eigenvalue weighted by atomic mass is 16.5. The monoisotopic (exact) mass is 500 g/mol. The lowest BCUT2D eigenvalue weighted by atomic mass is 9.82. The summed E-state index contributed by atoms with van der Waals surface area (Å²) in [6.45, 7) is 6.43. The van der Waals surface area contributed by atoms with Crippen LogP contribution >= 0.6 is 0 Å². The minimum Gasteiger partial charge on any atom is -0.497 e. The second-order valence-electron chi connectivity index (χ2n) is 10.5. The molecule has 1 aromatic heterocycles. The molecule has 0 spiro atoms. The van der Waals surface area contributed by atoms with Gasteiger partial charge in [0.1, 0.15) is 25.4 Å². The third-order valence-electron chi connectivity index (χ3n) is 8.18. The molecule has 6 rings (SSSR count). The fourth-order valence-electron chi connectivity index (χ4n) is 6.28. The van der Waals surface area contributed by atoms with Crippen molar-refractivity contribution in [1.29, 1.82) is 0 Å². The summed E-state index contributed by atoms with van der Waals surface area (Å²) in [5.74, 6) is 1.23. The maximum atomic E-state index is 13.8. The quantitative estimate of drug-likeness (QED) is 0.584. The molecule has 192 valence electrons. The first-order chi connectivity index (χ1) is 18.1. The highest BCUT2D eigenvalue weighted by Gasteiger charge is 2.37. The van der Waals surface area contributed by atoms with Crippen molar-refractivity contribution in [3.63, 3.8) is 0 Å². The number of fused-ring (bicyclic) bond motifs is 4. The van der Waals surface area contributed by atoms with Crippen LogP contribution in [0.2, 0.25) is 0 Å². The van der Waals surface area contributed by atoms with E-state index in [1.165, 1.54) is 10.5 Å². The van der Waals surface area contributed by atoms with Gasteiger partial charge in [-0.1, -0.05) is 24.3 Å². The van der Waals surface area contributed by atoms with Gasteiger partial charge in [-0.25, -0.2) is 0 Å². The Labute approximate surface area is 217 Å². The Kier molecular flexibility index (Phi) is 6.57. The van der Waals surface area contributed by atoms with Crippen LogP contribution in [0.1, 0.15) is 34.0 Å². The average molecular weight is 501 g/mol. The van der Waals surface area contributed by atoms with Crippen molar-refractivity contribution in [3.05, 3.63) is 87.8 Å². The molecule has 1 amide bonds. The molecular weight excluding hydrogens is 466 g/mol. The Hall–Kier alpha value is -3.42. The number of quaternary nitrogens is 1. The van der Waals surface area contributed by atoms with E-state index in [2.05, 4.69) is 24.3 Å². The second-order valence-corrected chi connectivity index (χ2v) is 10.5. The molecule has 3 aliphatic heterocycles. The molecule has 2 saturated heterocycles. The zero-order valence-electron chi connectivity index (χ0n) is 21.3. The van der Waals surface area contributed by atoms with Crippen molar-refractivity contribution in [3.8, 4) is 16.9 Å². The standard InChI is InChI=1S/C30H33N3O4/c1-36-25-8-6-22(7-9-25)29(34)32-17-21-16-24(20-32)28-11-10-27(30(35)33(28)18-21)26-5-3-2-4-23(26)19-31-12-14-37-15-13-31/h2-11,21,24H,12-20H2,1H3/p+1/t21-,24+/m0/s1. The lowest BCUT2D eigenvalue weighted by molar-refractivity contribution is -0.921. The summed E-state index contributed by atoms with van der Waals surface area (Å²) in [7, 11) is 1.62.